The summed E-state index contributed by atoms with van der Waals surface area (Å²) in [4.78, 5) is 29.5. The first kappa shape index (κ1) is 18.4. The van der Waals surface area contributed by atoms with Gasteiger partial charge < -0.3 is 20.5 Å². The molecule has 2 aromatic carbocycles. The van der Waals surface area contributed by atoms with Crippen LogP contribution in [-0.4, -0.2) is 29.5 Å². The van der Waals surface area contributed by atoms with Crippen LogP contribution in [0, 0.1) is 6.92 Å². The van der Waals surface area contributed by atoms with Crippen LogP contribution in [0.3, 0.4) is 0 Å². The fourth-order valence-electron chi connectivity index (χ4n) is 3.53. The number of carbonyl (C=O) groups is 2. The number of urea groups is 1. The average molecular weight is 397 g/mol. The molecule has 1 saturated heterocycles. The molecule has 0 bridgehead atoms. The van der Waals surface area contributed by atoms with Gasteiger partial charge in [-0.15, -0.1) is 0 Å². The summed E-state index contributed by atoms with van der Waals surface area (Å²) in [5.74, 6) is -0.0131. The Morgan fingerprint density at radius 1 is 1.21 bits per heavy atom. The predicted octanol–water partition coefficient (Wildman–Crippen LogP) is 3.73. The minimum Gasteiger partial charge on any atom is -0.359 e. The number of H-pyrrole nitrogens is 1. The van der Waals surface area contributed by atoms with E-state index in [4.69, 9.17) is 11.6 Å². The van der Waals surface area contributed by atoms with E-state index in [0.717, 1.165) is 27.8 Å². The van der Waals surface area contributed by atoms with Crippen LogP contribution < -0.4 is 15.5 Å². The van der Waals surface area contributed by atoms with Crippen molar-refractivity contribution in [3.63, 3.8) is 0 Å². The van der Waals surface area contributed by atoms with Crippen LogP contribution in [0.2, 0.25) is 5.02 Å². The van der Waals surface area contributed by atoms with Gasteiger partial charge in [0.25, 0.3) is 0 Å². The third kappa shape index (κ3) is 3.97. The Hall–Kier alpha value is -2.99. The quantitative estimate of drug-likeness (QED) is 0.628. The Kier molecular flexibility index (Phi) is 4.96. The van der Waals surface area contributed by atoms with E-state index in [-0.39, 0.29) is 24.4 Å². The number of hydrogen-bond donors (Lipinski definition) is 3. The Morgan fingerprint density at radius 2 is 2.00 bits per heavy atom. The van der Waals surface area contributed by atoms with Gasteiger partial charge in [0.05, 0.1) is 6.04 Å². The zero-order valence-corrected chi connectivity index (χ0v) is 16.2. The summed E-state index contributed by atoms with van der Waals surface area (Å²) in [6.45, 7) is 2.89. The van der Waals surface area contributed by atoms with Crippen molar-refractivity contribution < 1.29 is 9.59 Å². The van der Waals surface area contributed by atoms with Gasteiger partial charge in [-0.3, -0.25) is 4.79 Å². The molecule has 3 amide bonds. The van der Waals surface area contributed by atoms with Gasteiger partial charge in [-0.05, 0) is 60.3 Å². The van der Waals surface area contributed by atoms with E-state index in [1.165, 1.54) is 0 Å². The van der Waals surface area contributed by atoms with Crippen molar-refractivity contribution in [1.82, 2.24) is 15.6 Å². The van der Waals surface area contributed by atoms with E-state index in [9.17, 15) is 9.59 Å². The van der Waals surface area contributed by atoms with Crippen molar-refractivity contribution in [3.05, 3.63) is 64.8 Å². The molecule has 0 spiro atoms. The van der Waals surface area contributed by atoms with Gasteiger partial charge >= 0.3 is 6.03 Å². The first-order valence-electron chi connectivity index (χ1n) is 9.16. The summed E-state index contributed by atoms with van der Waals surface area (Å²) < 4.78 is 0. The van der Waals surface area contributed by atoms with E-state index >= 15 is 0 Å². The van der Waals surface area contributed by atoms with Crippen molar-refractivity contribution in [1.29, 1.82) is 0 Å². The van der Waals surface area contributed by atoms with Gasteiger partial charge in [0.15, 0.2) is 0 Å². The number of nitrogens with zero attached hydrogens (tertiary/aromatic N) is 1. The number of nitrogens with one attached hydrogen (secondary N) is 3. The molecule has 144 valence electrons. The van der Waals surface area contributed by atoms with Crippen LogP contribution in [-0.2, 0) is 11.3 Å². The summed E-state index contributed by atoms with van der Waals surface area (Å²) in [5.41, 5.74) is 3.99. The Morgan fingerprint density at radius 3 is 2.79 bits per heavy atom. The van der Waals surface area contributed by atoms with E-state index in [1.54, 1.807) is 17.0 Å². The maximum atomic E-state index is 12.3. The molecule has 1 aromatic heterocycles. The largest absolute Gasteiger partial charge is 0.359 e. The number of halogens is 1. The molecule has 2 heterocycles. The first-order valence-corrected chi connectivity index (χ1v) is 9.54. The van der Waals surface area contributed by atoms with Crippen LogP contribution in [0.5, 0.6) is 0 Å². The fourth-order valence-corrected chi connectivity index (χ4v) is 3.66. The summed E-state index contributed by atoms with van der Waals surface area (Å²) in [6, 6.07) is 14.7. The zero-order chi connectivity index (χ0) is 19.7. The van der Waals surface area contributed by atoms with Gasteiger partial charge in [-0.2, -0.15) is 0 Å². The summed E-state index contributed by atoms with van der Waals surface area (Å²) in [5, 5.41) is 7.50. The number of benzene rings is 2. The second-order valence-electron chi connectivity index (χ2n) is 7.08. The monoisotopic (exact) mass is 396 g/mol. The topological polar surface area (TPSA) is 77.2 Å². The second-order valence-corrected chi connectivity index (χ2v) is 7.52. The van der Waals surface area contributed by atoms with Gasteiger partial charge in [0.2, 0.25) is 5.91 Å². The third-order valence-corrected chi connectivity index (χ3v) is 5.12. The number of fused-ring (bicyclic) bond motifs is 1. The molecule has 0 unspecified atom stereocenters. The number of amides is 3. The van der Waals surface area contributed by atoms with Crippen molar-refractivity contribution in [2.75, 3.05) is 11.4 Å². The van der Waals surface area contributed by atoms with Crippen LogP contribution in [0.4, 0.5) is 10.5 Å². The molecule has 1 fully saturated rings. The summed E-state index contributed by atoms with van der Waals surface area (Å²) in [7, 11) is 0. The lowest BCUT2D eigenvalue weighted by atomic mass is 10.1. The summed E-state index contributed by atoms with van der Waals surface area (Å²) in [6.07, 6.45) is 0.282. The molecule has 7 heteroatoms. The molecule has 1 aliphatic rings. The highest BCUT2D eigenvalue weighted by Gasteiger charge is 2.31. The van der Waals surface area contributed by atoms with Crippen molar-refractivity contribution >= 4 is 40.1 Å². The van der Waals surface area contributed by atoms with E-state index in [2.05, 4.69) is 27.8 Å². The van der Waals surface area contributed by atoms with Crippen LogP contribution in [0.1, 0.15) is 17.7 Å². The smallest absolute Gasteiger partial charge is 0.315 e. The molecule has 0 radical (unpaired) electrons. The minimum atomic E-state index is -0.277. The molecular formula is C21H21ClN4O2. The zero-order valence-electron chi connectivity index (χ0n) is 15.5. The molecule has 1 atom stereocenters. The molecule has 3 N–H and O–H groups in total. The van der Waals surface area contributed by atoms with Gasteiger partial charge in [-0.1, -0.05) is 17.7 Å². The molecule has 0 saturated carbocycles. The highest BCUT2D eigenvalue weighted by Crippen LogP contribution is 2.23. The lowest BCUT2D eigenvalue weighted by Crippen LogP contribution is -2.43. The fraction of sp³-hybridized carbons (Fsp3) is 0.238. The number of anilines is 1. The molecular weight excluding hydrogens is 376 g/mol. The predicted molar refractivity (Wildman–Crippen MR) is 111 cm³/mol. The van der Waals surface area contributed by atoms with Crippen LogP contribution in [0.15, 0.2) is 48.5 Å². The highest BCUT2D eigenvalue weighted by atomic mass is 35.5. The lowest BCUT2D eigenvalue weighted by Gasteiger charge is -2.17. The van der Waals surface area contributed by atoms with Crippen molar-refractivity contribution in [2.45, 2.75) is 25.9 Å². The number of rotatable bonds is 4. The average Bonchev–Trinajstić information content (AvgIpc) is 3.21. The standard InChI is InChI=1S/C21H21ClN4O2/c1-13-8-15-9-14(2-7-19(15)24-13)11-23-21(28)25-17-10-20(27)26(12-17)18-5-3-16(22)4-6-18/h2-9,17,24H,10-12H2,1H3,(H2,23,25,28)/t17-/m0/s1. The first-order chi connectivity index (χ1) is 13.5. The molecule has 4 rings (SSSR count). The molecule has 6 nitrogen and oxygen atoms in total. The van der Waals surface area contributed by atoms with E-state index in [0.29, 0.717) is 18.1 Å². The van der Waals surface area contributed by atoms with Gasteiger partial charge in [0.1, 0.15) is 0 Å². The van der Waals surface area contributed by atoms with E-state index in [1.807, 2.05) is 31.2 Å². The van der Waals surface area contributed by atoms with Crippen molar-refractivity contribution in [3.8, 4) is 0 Å². The van der Waals surface area contributed by atoms with E-state index < -0.39 is 0 Å². The molecule has 1 aliphatic heterocycles. The highest BCUT2D eigenvalue weighted by molar-refractivity contribution is 6.30. The lowest BCUT2D eigenvalue weighted by molar-refractivity contribution is -0.117. The normalized spacial score (nSPS) is 16.6. The van der Waals surface area contributed by atoms with Crippen LogP contribution in [0.25, 0.3) is 10.9 Å². The summed E-state index contributed by atoms with van der Waals surface area (Å²) >= 11 is 5.90. The minimum absolute atomic E-state index is 0.0131. The SMILES string of the molecule is Cc1cc2cc(CNC(=O)N[C@H]3CC(=O)N(c4ccc(Cl)cc4)C3)ccc2[nH]1. The number of aryl methyl sites for hydroxylation is 1. The Bertz CT molecular complexity index is 1030. The number of aromatic amines is 1. The number of aromatic nitrogens is 1. The molecule has 0 aliphatic carbocycles. The number of hydrogen-bond acceptors (Lipinski definition) is 2. The number of carbonyl (C=O) groups excluding carboxylic acids is 2. The van der Waals surface area contributed by atoms with Gasteiger partial charge in [0, 0.05) is 41.4 Å². The van der Waals surface area contributed by atoms with Crippen molar-refractivity contribution in [2.24, 2.45) is 0 Å². The Labute approximate surface area is 167 Å². The van der Waals surface area contributed by atoms with Gasteiger partial charge in [-0.25, -0.2) is 4.79 Å². The third-order valence-electron chi connectivity index (χ3n) is 4.87. The molecule has 3 aromatic rings. The van der Waals surface area contributed by atoms with Crippen LogP contribution >= 0.6 is 11.6 Å². The maximum Gasteiger partial charge on any atom is 0.315 e. The maximum absolute atomic E-state index is 12.3. The Balaban J connectivity index is 1.32. The second kappa shape index (κ2) is 7.56. The molecule has 28 heavy (non-hydrogen) atoms.